The van der Waals surface area contributed by atoms with E-state index in [1.165, 1.54) is 0 Å². The Morgan fingerprint density at radius 2 is 1.89 bits per heavy atom. The van der Waals surface area contributed by atoms with Crippen molar-refractivity contribution in [2.75, 3.05) is 11.4 Å². The normalized spacial score (nSPS) is 23.1. The molecule has 1 aromatic rings. The van der Waals surface area contributed by atoms with Crippen molar-refractivity contribution in [1.29, 1.82) is 0 Å². The van der Waals surface area contributed by atoms with Crippen LogP contribution >= 0.6 is 12.2 Å². The van der Waals surface area contributed by atoms with Crippen LogP contribution in [0.5, 0.6) is 0 Å². The molecule has 4 nitrogen and oxygen atoms in total. The van der Waals surface area contributed by atoms with Crippen molar-refractivity contribution in [1.82, 2.24) is 0 Å². The van der Waals surface area contributed by atoms with E-state index in [0.29, 0.717) is 17.6 Å². The zero-order valence-corrected chi connectivity index (χ0v) is 11.8. The summed E-state index contributed by atoms with van der Waals surface area (Å²) in [5.74, 6) is -0.275. The van der Waals surface area contributed by atoms with Crippen LogP contribution in [0.2, 0.25) is 0 Å². The number of anilines is 1. The Hall–Kier alpha value is -1.62. The Balaban J connectivity index is 2.18. The zero-order chi connectivity index (χ0) is 14.0. The summed E-state index contributed by atoms with van der Waals surface area (Å²) in [6, 6.07) is 8.23. The first-order valence-corrected chi connectivity index (χ1v) is 6.85. The van der Waals surface area contributed by atoms with Gasteiger partial charge in [-0.3, -0.25) is 4.79 Å². The number of carbonyl (C=O) groups is 1. The van der Waals surface area contributed by atoms with E-state index in [1.807, 2.05) is 24.3 Å². The molecule has 4 N–H and O–H groups in total. The Morgan fingerprint density at radius 1 is 1.26 bits per heavy atom. The van der Waals surface area contributed by atoms with Crippen molar-refractivity contribution in [3.05, 3.63) is 29.8 Å². The van der Waals surface area contributed by atoms with E-state index < -0.39 is 0 Å². The standard InChI is InChI=1S/C14H19N3OS/c1-9-2-3-11(13(15)18)8-17(9)12-6-4-10(5-7-12)14(16)19/h4-7,9,11H,2-3,8H2,1H3,(H2,15,18)(H2,16,19). The Morgan fingerprint density at radius 3 is 2.42 bits per heavy atom. The lowest BCUT2D eigenvalue weighted by Gasteiger charge is -2.38. The minimum absolute atomic E-state index is 0.0635. The van der Waals surface area contributed by atoms with Crippen LogP contribution in [0.15, 0.2) is 24.3 Å². The number of benzene rings is 1. The topological polar surface area (TPSA) is 72.4 Å². The smallest absolute Gasteiger partial charge is 0.222 e. The number of nitrogens with zero attached hydrogens (tertiary/aromatic N) is 1. The van der Waals surface area contributed by atoms with E-state index in [1.54, 1.807) is 0 Å². The summed E-state index contributed by atoms with van der Waals surface area (Å²) in [4.78, 5) is 14.0. The summed E-state index contributed by atoms with van der Waals surface area (Å²) >= 11 is 4.94. The summed E-state index contributed by atoms with van der Waals surface area (Å²) in [5, 5.41) is 0. The lowest BCUT2D eigenvalue weighted by molar-refractivity contribution is -0.122. The van der Waals surface area contributed by atoms with Gasteiger partial charge in [0.25, 0.3) is 0 Å². The second kappa shape index (κ2) is 5.57. The molecule has 1 aliphatic rings. The van der Waals surface area contributed by atoms with Crippen LogP contribution in [-0.2, 0) is 4.79 Å². The SMILES string of the molecule is CC1CCC(C(N)=O)CN1c1ccc(C(N)=S)cc1. The zero-order valence-electron chi connectivity index (χ0n) is 11.0. The molecule has 0 aliphatic carbocycles. The number of thiocarbonyl (C=S) groups is 1. The first-order valence-electron chi connectivity index (χ1n) is 6.45. The van der Waals surface area contributed by atoms with Gasteiger partial charge in [0, 0.05) is 23.8 Å². The summed E-state index contributed by atoms with van der Waals surface area (Å²) in [7, 11) is 0. The molecular formula is C14H19N3OS. The fourth-order valence-electron chi connectivity index (χ4n) is 2.52. The molecule has 0 aromatic heterocycles. The maximum atomic E-state index is 11.3. The Labute approximate surface area is 118 Å². The van der Waals surface area contributed by atoms with Crippen molar-refractivity contribution in [3.63, 3.8) is 0 Å². The van der Waals surface area contributed by atoms with E-state index >= 15 is 0 Å². The largest absolute Gasteiger partial charge is 0.389 e. The van der Waals surface area contributed by atoms with Gasteiger partial charge >= 0.3 is 0 Å². The van der Waals surface area contributed by atoms with Gasteiger partial charge in [-0.2, -0.15) is 0 Å². The summed E-state index contributed by atoms with van der Waals surface area (Å²) in [6.45, 7) is 2.85. The van der Waals surface area contributed by atoms with E-state index in [-0.39, 0.29) is 11.8 Å². The van der Waals surface area contributed by atoms with Crippen molar-refractivity contribution in [3.8, 4) is 0 Å². The van der Waals surface area contributed by atoms with Crippen LogP contribution in [0.25, 0.3) is 0 Å². The Bertz CT molecular complexity index is 486. The lowest BCUT2D eigenvalue weighted by atomic mass is 9.92. The molecule has 19 heavy (non-hydrogen) atoms. The molecule has 2 rings (SSSR count). The third-order valence-corrected chi connectivity index (χ3v) is 4.00. The molecule has 0 saturated carbocycles. The monoisotopic (exact) mass is 277 g/mol. The maximum absolute atomic E-state index is 11.3. The van der Waals surface area contributed by atoms with Gasteiger partial charge in [0.2, 0.25) is 5.91 Å². The Kier molecular flexibility index (Phi) is 4.04. The third kappa shape index (κ3) is 3.04. The average molecular weight is 277 g/mol. The van der Waals surface area contributed by atoms with Crippen molar-refractivity contribution < 1.29 is 4.79 Å². The fourth-order valence-corrected chi connectivity index (χ4v) is 2.65. The molecule has 1 aromatic carbocycles. The fraction of sp³-hybridized carbons (Fsp3) is 0.429. The van der Waals surface area contributed by atoms with Gasteiger partial charge in [-0.05, 0) is 44.0 Å². The lowest BCUT2D eigenvalue weighted by Crippen LogP contribution is -2.45. The number of rotatable bonds is 3. The first-order chi connectivity index (χ1) is 8.99. The molecule has 1 amide bonds. The van der Waals surface area contributed by atoms with Gasteiger partial charge < -0.3 is 16.4 Å². The molecule has 1 aliphatic heterocycles. The van der Waals surface area contributed by atoms with Crippen molar-refractivity contribution >= 4 is 28.8 Å². The quantitative estimate of drug-likeness (QED) is 0.819. The molecular weight excluding hydrogens is 258 g/mol. The van der Waals surface area contributed by atoms with E-state index in [0.717, 1.165) is 24.1 Å². The highest BCUT2D eigenvalue weighted by molar-refractivity contribution is 7.80. The number of amides is 1. The first kappa shape index (κ1) is 13.8. The van der Waals surface area contributed by atoms with E-state index in [4.69, 9.17) is 23.7 Å². The van der Waals surface area contributed by atoms with Crippen LogP contribution in [0.4, 0.5) is 5.69 Å². The molecule has 2 unspecified atom stereocenters. The van der Waals surface area contributed by atoms with E-state index in [9.17, 15) is 4.79 Å². The average Bonchev–Trinajstić information content (AvgIpc) is 2.39. The molecule has 0 bridgehead atoms. The molecule has 5 heteroatoms. The van der Waals surface area contributed by atoms with Gasteiger partial charge in [-0.1, -0.05) is 12.2 Å². The number of primary amides is 1. The second-order valence-electron chi connectivity index (χ2n) is 5.09. The number of hydrogen-bond acceptors (Lipinski definition) is 3. The molecule has 102 valence electrons. The minimum Gasteiger partial charge on any atom is -0.389 e. The molecule has 1 heterocycles. The summed E-state index contributed by atoms with van der Waals surface area (Å²) in [6.07, 6.45) is 1.85. The van der Waals surface area contributed by atoms with E-state index in [2.05, 4.69) is 11.8 Å². The van der Waals surface area contributed by atoms with Crippen LogP contribution in [0, 0.1) is 5.92 Å². The highest BCUT2D eigenvalue weighted by Gasteiger charge is 2.28. The summed E-state index contributed by atoms with van der Waals surface area (Å²) < 4.78 is 0. The maximum Gasteiger partial charge on any atom is 0.222 e. The van der Waals surface area contributed by atoms with Crippen molar-refractivity contribution in [2.45, 2.75) is 25.8 Å². The predicted molar refractivity (Wildman–Crippen MR) is 81.1 cm³/mol. The van der Waals surface area contributed by atoms with Gasteiger partial charge in [0.15, 0.2) is 0 Å². The molecule has 1 saturated heterocycles. The van der Waals surface area contributed by atoms with Crippen molar-refractivity contribution in [2.24, 2.45) is 17.4 Å². The number of piperidine rings is 1. The number of hydrogen-bond donors (Lipinski definition) is 2. The predicted octanol–water partition coefficient (Wildman–Crippen LogP) is 1.41. The van der Waals surface area contributed by atoms with Crippen LogP contribution in [-0.4, -0.2) is 23.5 Å². The second-order valence-corrected chi connectivity index (χ2v) is 5.53. The highest BCUT2D eigenvalue weighted by atomic mass is 32.1. The van der Waals surface area contributed by atoms with Gasteiger partial charge in [0.05, 0.1) is 5.92 Å². The third-order valence-electron chi connectivity index (χ3n) is 3.77. The number of nitrogens with two attached hydrogens (primary N) is 2. The van der Waals surface area contributed by atoms with Crippen LogP contribution < -0.4 is 16.4 Å². The van der Waals surface area contributed by atoms with Crippen LogP contribution in [0.3, 0.4) is 0 Å². The number of carbonyl (C=O) groups excluding carboxylic acids is 1. The molecule has 0 radical (unpaired) electrons. The minimum atomic E-state index is -0.211. The van der Waals surface area contributed by atoms with Gasteiger partial charge in [0.1, 0.15) is 4.99 Å². The molecule has 1 fully saturated rings. The van der Waals surface area contributed by atoms with Crippen LogP contribution in [0.1, 0.15) is 25.3 Å². The van der Waals surface area contributed by atoms with Gasteiger partial charge in [-0.15, -0.1) is 0 Å². The van der Waals surface area contributed by atoms with Gasteiger partial charge in [-0.25, -0.2) is 0 Å². The summed E-state index contributed by atoms with van der Waals surface area (Å²) in [5.41, 5.74) is 12.9. The highest BCUT2D eigenvalue weighted by Crippen LogP contribution is 2.27. The molecule has 2 atom stereocenters. The molecule has 0 spiro atoms.